The summed E-state index contributed by atoms with van der Waals surface area (Å²) in [5.41, 5.74) is 0. The first-order valence-corrected chi connectivity index (χ1v) is 5.65. The molecule has 0 aliphatic heterocycles. The van der Waals surface area contributed by atoms with Gasteiger partial charge in [0.15, 0.2) is 0 Å². The lowest BCUT2D eigenvalue weighted by atomic mass is 9.76. The quantitative estimate of drug-likeness (QED) is 0.702. The minimum Gasteiger partial charge on any atom is -0.353 e. The van der Waals surface area contributed by atoms with Crippen LogP contribution in [0.15, 0.2) is 0 Å². The van der Waals surface area contributed by atoms with E-state index in [4.69, 9.17) is 0 Å². The molecular formula is C11H17NO. The Morgan fingerprint density at radius 3 is 2.23 bits per heavy atom. The first kappa shape index (κ1) is 7.84. The van der Waals surface area contributed by atoms with Gasteiger partial charge >= 0.3 is 0 Å². The molecule has 3 fully saturated rings. The molecule has 0 aromatic heterocycles. The van der Waals surface area contributed by atoms with Crippen molar-refractivity contribution in [1.82, 2.24) is 5.32 Å². The summed E-state index contributed by atoms with van der Waals surface area (Å²) in [5.74, 6) is 2.55. The van der Waals surface area contributed by atoms with Crippen molar-refractivity contribution in [3.05, 3.63) is 0 Å². The maximum atomic E-state index is 11.5. The molecule has 0 aromatic rings. The van der Waals surface area contributed by atoms with Gasteiger partial charge in [-0.2, -0.15) is 0 Å². The van der Waals surface area contributed by atoms with Crippen molar-refractivity contribution in [2.75, 3.05) is 0 Å². The number of hydrogen-bond acceptors (Lipinski definition) is 1. The zero-order chi connectivity index (χ0) is 8.84. The number of carbonyl (C=O) groups excluding carboxylic acids is 1. The van der Waals surface area contributed by atoms with Gasteiger partial charge in [-0.3, -0.25) is 4.79 Å². The highest BCUT2D eigenvalue weighted by Crippen LogP contribution is 2.47. The summed E-state index contributed by atoms with van der Waals surface area (Å²) in [4.78, 5) is 11.5. The lowest BCUT2D eigenvalue weighted by molar-refractivity contribution is -0.124. The van der Waals surface area contributed by atoms with E-state index in [2.05, 4.69) is 5.32 Å². The normalized spacial score (nSPS) is 38.2. The summed E-state index contributed by atoms with van der Waals surface area (Å²) in [7, 11) is 0. The van der Waals surface area contributed by atoms with Crippen LogP contribution in [0.4, 0.5) is 0 Å². The van der Waals surface area contributed by atoms with Gasteiger partial charge in [-0.15, -0.1) is 0 Å². The Morgan fingerprint density at radius 1 is 1.00 bits per heavy atom. The van der Waals surface area contributed by atoms with E-state index < -0.39 is 0 Å². The zero-order valence-electron chi connectivity index (χ0n) is 7.96. The molecule has 2 nitrogen and oxygen atoms in total. The first-order valence-electron chi connectivity index (χ1n) is 5.65. The minimum absolute atomic E-state index is 0.343. The van der Waals surface area contributed by atoms with Crippen LogP contribution < -0.4 is 5.32 Å². The van der Waals surface area contributed by atoms with Gasteiger partial charge in [0.25, 0.3) is 0 Å². The molecule has 3 rings (SSSR count). The summed E-state index contributed by atoms with van der Waals surface area (Å²) >= 11 is 0. The lowest BCUT2D eigenvalue weighted by Gasteiger charge is -2.37. The van der Waals surface area contributed by atoms with Crippen LogP contribution in [0.3, 0.4) is 0 Å². The number of amides is 1. The smallest absolute Gasteiger partial charge is 0.223 e. The molecule has 2 heteroatoms. The first-order chi connectivity index (χ1) is 6.34. The molecule has 1 N–H and O–H groups in total. The molecule has 0 spiro atoms. The van der Waals surface area contributed by atoms with Gasteiger partial charge in [-0.1, -0.05) is 0 Å². The lowest BCUT2D eigenvalue weighted by Crippen LogP contribution is -2.48. The summed E-state index contributed by atoms with van der Waals surface area (Å²) in [6.07, 6.45) is 7.69. The number of hydrogen-bond donors (Lipinski definition) is 1. The molecule has 3 aliphatic carbocycles. The molecule has 0 bridgehead atoms. The van der Waals surface area contributed by atoms with Crippen LogP contribution in [0.1, 0.15) is 38.5 Å². The summed E-state index contributed by atoms with van der Waals surface area (Å²) in [6, 6.07) is 0.556. The van der Waals surface area contributed by atoms with E-state index >= 15 is 0 Å². The van der Waals surface area contributed by atoms with Gasteiger partial charge in [0, 0.05) is 12.0 Å². The molecular weight excluding hydrogens is 162 g/mol. The van der Waals surface area contributed by atoms with Crippen molar-refractivity contribution in [1.29, 1.82) is 0 Å². The van der Waals surface area contributed by atoms with Crippen LogP contribution in [0.2, 0.25) is 0 Å². The molecule has 3 aliphatic rings. The summed E-state index contributed by atoms with van der Waals surface area (Å²) in [6.45, 7) is 0. The Hall–Kier alpha value is -0.530. The average Bonchev–Trinajstić information content (AvgIpc) is 2.83. The Bertz CT molecular complexity index is 230. The van der Waals surface area contributed by atoms with Crippen LogP contribution in [0.25, 0.3) is 0 Å². The monoisotopic (exact) mass is 179 g/mol. The predicted octanol–water partition coefficient (Wildman–Crippen LogP) is 1.70. The number of nitrogens with one attached hydrogen (secondary N) is 1. The minimum atomic E-state index is 0.343. The maximum Gasteiger partial charge on any atom is 0.223 e. The van der Waals surface area contributed by atoms with E-state index in [0.717, 1.165) is 24.7 Å². The molecule has 0 heterocycles. The Labute approximate surface area is 79.1 Å². The van der Waals surface area contributed by atoms with E-state index in [9.17, 15) is 4.79 Å². The fraction of sp³-hybridized carbons (Fsp3) is 0.909. The van der Waals surface area contributed by atoms with E-state index in [0.29, 0.717) is 17.9 Å². The third-order valence-electron chi connectivity index (χ3n) is 3.83. The van der Waals surface area contributed by atoms with E-state index in [-0.39, 0.29) is 0 Å². The molecule has 0 radical (unpaired) electrons. The summed E-state index contributed by atoms with van der Waals surface area (Å²) in [5, 5.41) is 3.21. The van der Waals surface area contributed by atoms with Gasteiger partial charge in [-0.25, -0.2) is 0 Å². The largest absolute Gasteiger partial charge is 0.353 e. The molecule has 13 heavy (non-hydrogen) atoms. The second-order valence-corrected chi connectivity index (χ2v) is 4.97. The van der Waals surface area contributed by atoms with Crippen LogP contribution in [-0.2, 0) is 4.79 Å². The van der Waals surface area contributed by atoms with Crippen molar-refractivity contribution < 1.29 is 4.79 Å². The second-order valence-electron chi connectivity index (χ2n) is 4.97. The highest BCUT2D eigenvalue weighted by molar-refractivity contribution is 5.81. The molecule has 72 valence electrons. The number of rotatable bonds is 3. The molecule has 2 atom stereocenters. The van der Waals surface area contributed by atoms with Crippen molar-refractivity contribution in [3.63, 3.8) is 0 Å². The Kier molecular flexibility index (Phi) is 1.64. The van der Waals surface area contributed by atoms with Crippen LogP contribution in [0, 0.1) is 17.8 Å². The third-order valence-corrected chi connectivity index (χ3v) is 3.83. The van der Waals surface area contributed by atoms with Crippen LogP contribution in [0.5, 0.6) is 0 Å². The highest BCUT2D eigenvalue weighted by Gasteiger charge is 2.43. The molecule has 2 unspecified atom stereocenters. The topological polar surface area (TPSA) is 29.1 Å². The van der Waals surface area contributed by atoms with Gasteiger partial charge in [0.1, 0.15) is 0 Å². The SMILES string of the molecule is O=C(NC1CCC1C1CC1)C1CC1. The summed E-state index contributed by atoms with van der Waals surface area (Å²) < 4.78 is 0. The Balaban J connectivity index is 1.51. The molecule has 3 saturated carbocycles. The zero-order valence-corrected chi connectivity index (χ0v) is 7.96. The van der Waals surface area contributed by atoms with E-state index in [1.165, 1.54) is 25.7 Å². The van der Waals surface area contributed by atoms with Crippen LogP contribution >= 0.6 is 0 Å². The van der Waals surface area contributed by atoms with Gasteiger partial charge < -0.3 is 5.32 Å². The fourth-order valence-corrected chi connectivity index (χ4v) is 2.44. The third kappa shape index (κ3) is 1.47. The van der Waals surface area contributed by atoms with Gasteiger partial charge in [0.05, 0.1) is 0 Å². The molecule has 0 saturated heterocycles. The van der Waals surface area contributed by atoms with Crippen molar-refractivity contribution >= 4 is 5.91 Å². The fourth-order valence-electron chi connectivity index (χ4n) is 2.44. The van der Waals surface area contributed by atoms with Crippen LogP contribution in [-0.4, -0.2) is 11.9 Å². The maximum absolute atomic E-state index is 11.5. The number of carbonyl (C=O) groups is 1. The molecule has 0 aromatic carbocycles. The highest BCUT2D eigenvalue weighted by atomic mass is 16.2. The van der Waals surface area contributed by atoms with E-state index in [1.807, 2.05) is 0 Å². The van der Waals surface area contributed by atoms with Crippen molar-refractivity contribution in [2.24, 2.45) is 17.8 Å². The van der Waals surface area contributed by atoms with Gasteiger partial charge in [0.2, 0.25) is 5.91 Å². The standard InChI is InChI=1S/C11H17NO/c13-11(8-3-4-8)12-10-6-5-9(10)7-1-2-7/h7-10H,1-6H2,(H,12,13). The Morgan fingerprint density at radius 2 is 1.77 bits per heavy atom. The average molecular weight is 179 g/mol. The van der Waals surface area contributed by atoms with Crippen molar-refractivity contribution in [3.8, 4) is 0 Å². The predicted molar refractivity (Wildman–Crippen MR) is 50.1 cm³/mol. The van der Waals surface area contributed by atoms with Gasteiger partial charge in [-0.05, 0) is 50.4 Å². The van der Waals surface area contributed by atoms with Crippen molar-refractivity contribution in [2.45, 2.75) is 44.6 Å². The second kappa shape index (κ2) is 2.73. The van der Waals surface area contributed by atoms with E-state index in [1.54, 1.807) is 0 Å². The molecule has 1 amide bonds.